The Labute approximate surface area is 128 Å². The van der Waals surface area contributed by atoms with Crippen LogP contribution in [0.3, 0.4) is 0 Å². The first kappa shape index (κ1) is 17.6. The summed E-state index contributed by atoms with van der Waals surface area (Å²) in [5, 5.41) is 14.0. The Morgan fingerprint density at radius 3 is 2.36 bits per heavy atom. The number of benzene rings is 1. The van der Waals surface area contributed by atoms with Gasteiger partial charge in [-0.05, 0) is 24.1 Å². The number of ether oxygens (including phenoxy) is 1. The van der Waals surface area contributed by atoms with Crippen molar-refractivity contribution in [3.63, 3.8) is 0 Å². The van der Waals surface area contributed by atoms with Crippen molar-refractivity contribution in [1.82, 2.24) is 10.6 Å². The molecule has 0 saturated heterocycles. The SMILES string of the molecule is CCC(NC(=O)c1ccc(CNC(=O)COC)cc1)C(=O)O. The average molecular weight is 308 g/mol. The van der Waals surface area contributed by atoms with Crippen LogP contribution in [-0.2, 0) is 20.9 Å². The Balaban J connectivity index is 2.58. The highest BCUT2D eigenvalue weighted by Crippen LogP contribution is 2.05. The molecule has 1 atom stereocenters. The van der Waals surface area contributed by atoms with E-state index >= 15 is 0 Å². The lowest BCUT2D eigenvalue weighted by Crippen LogP contribution is -2.40. The number of amides is 2. The topological polar surface area (TPSA) is 105 Å². The number of aliphatic carboxylic acids is 1. The number of carboxylic acids is 1. The summed E-state index contributed by atoms with van der Waals surface area (Å²) >= 11 is 0. The molecule has 22 heavy (non-hydrogen) atoms. The van der Waals surface area contributed by atoms with Gasteiger partial charge < -0.3 is 20.5 Å². The molecule has 0 aliphatic carbocycles. The van der Waals surface area contributed by atoms with E-state index in [9.17, 15) is 14.4 Å². The van der Waals surface area contributed by atoms with Crippen LogP contribution in [0.2, 0.25) is 0 Å². The van der Waals surface area contributed by atoms with Gasteiger partial charge in [0.25, 0.3) is 5.91 Å². The Bertz CT molecular complexity index is 527. The molecular formula is C15H20N2O5. The van der Waals surface area contributed by atoms with Gasteiger partial charge in [-0.15, -0.1) is 0 Å². The van der Waals surface area contributed by atoms with E-state index in [0.29, 0.717) is 18.5 Å². The van der Waals surface area contributed by atoms with Crippen molar-refractivity contribution in [2.45, 2.75) is 25.9 Å². The van der Waals surface area contributed by atoms with Crippen molar-refractivity contribution in [3.8, 4) is 0 Å². The number of nitrogens with one attached hydrogen (secondary N) is 2. The predicted octanol–water partition coefficient (Wildman–Crippen LogP) is 0.542. The highest BCUT2D eigenvalue weighted by Gasteiger charge is 2.18. The monoisotopic (exact) mass is 308 g/mol. The molecule has 0 fully saturated rings. The minimum atomic E-state index is -1.06. The third-order valence-electron chi connectivity index (χ3n) is 2.99. The van der Waals surface area contributed by atoms with Crippen molar-refractivity contribution in [2.75, 3.05) is 13.7 Å². The summed E-state index contributed by atoms with van der Waals surface area (Å²) in [6.07, 6.45) is 0.310. The van der Waals surface area contributed by atoms with Gasteiger partial charge in [0.1, 0.15) is 12.6 Å². The molecule has 1 aromatic carbocycles. The minimum absolute atomic E-state index is 0.00587. The molecule has 0 radical (unpaired) electrons. The van der Waals surface area contributed by atoms with Crippen LogP contribution in [0.5, 0.6) is 0 Å². The van der Waals surface area contributed by atoms with Crippen LogP contribution >= 0.6 is 0 Å². The summed E-state index contributed by atoms with van der Waals surface area (Å²) < 4.78 is 4.70. The molecule has 2 amide bonds. The zero-order valence-electron chi connectivity index (χ0n) is 12.6. The van der Waals surface area contributed by atoms with Crippen molar-refractivity contribution in [2.24, 2.45) is 0 Å². The summed E-state index contributed by atoms with van der Waals surface area (Å²) in [7, 11) is 1.44. The number of carbonyl (C=O) groups is 3. The Kier molecular flexibility index (Phi) is 7.04. The summed E-state index contributed by atoms with van der Waals surface area (Å²) in [5.74, 6) is -1.73. The average Bonchev–Trinajstić information content (AvgIpc) is 2.50. The third-order valence-corrected chi connectivity index (χ3v) is 2.99. The first-order valence-corrected chi connectivity index (χ1v) is 6.86. The van der Waals surface area contributed by atoms with Crippen LogP contribution < -0.4 is 10.6 Å². The fourth-order valence-corrected chi connectivity index (χ4v) is 1.74. The van der Waals surface area contributed by atoms with Crippen molar-refractivity contribution in [1.29, 1.82) is 0 Å². The Hall–Kier alpha value is -2.41. The molecule has 0 spiro atoms. The van der Waals surface area contributed by atoms with Crippen LogP contribution in [0.4, 0.5) is 0 Å². The molecule has 0 aliphatic rings. The first-order chi connectivity index (χ1) is 10.5. The second-order valence-electron chi connectivity index (χ2n) is 4.68. The molecule has 7 heteroatoms. The van der Waals surface area contributed by atoms with E-state index in [1.54, 1.807) is 31.2 Å². The maximum Gasteiger partial charge on any atom is 0.326 e. The number of carbonyl (C=O) groups excluding carboxylic acids is 2. The number of carboxylic acid groups (broad SMARTS) is 1. The molecule has 1 aromatic rings. The van der Waals surface area contributed by atoms with E-state index in [4.69, 9.17) is 9.84 Å². The van der Waals surface area contributed by atoms with Crippen LogP contribution in [0, 0.1) is 0 Å². The van der Waals surface area contributed by atoms with Gasteiger partial charge in [-0.3, -0.25) is 9.59 Å². The molecule has 120 valence electrons. The van der Waals surface area contributed by atoms with Crippen molar-refractivity contribution in [3.05, 3.63) is 35.4 Å². The standard InChI is InChI=1S/C15H20N2O5/c1-3-12(15(20)21)17-14(19)11-6-4-10(5-7-11)8-16-13(18)9-22-2/h4-7,12H,3,8-9H2,1-2H3,(H,16,18)(H,17,19)(H,20,21). The Morgan fingerprint density at radius 1 is 1.23 bits per heavy atom. The lowest BCUT2D eigenvalue weighted by molar-refractivity contribution is -0.139. The van der Waals surface area contributed by atoms with Gasteiger partial charge in [0, 0.05) is 19.2 Å². The second kappa shape index (κ2) is 8.78. The normalized spacial score (nSPS) is 11.5. The third kappa shape index (κ3) is 5.53. The van der Waals surface area contributed by atoms with Crippen LogP contribution in [0.25, 0.3) is 0 Å². The van der Waals surface area contributed by atoms with Crippen LogP contribution in [0.15, 0.2) is 24.3 Å². The number of rotatable bonds is 8. The van der Waals surface area contributed by atoms with E-state index in [2.05, 4.69) is 10.6 Å². The summed E-state index contributed by atoms with van der Waals surface area (Å²) in [6, 6.07) is 5.66. The number of hydrogen-bond acceptors (Lipinski definition) is 4. The van der Waals surface area contributed by atoms with E-state index in [1.165, 1.54) is 7.11 Å². The molecular weight excluding hydrogens is 288 g/mol. The molecule has 0 saturated carbocycles. The fraction of sp³-hybridized carbons (Fsp3) is 0.400. The van der Waals surface area contributed by atoms with Crippen LogP contribution in [0.1, 0.15) is 29.3 Å². The van der Waals surface area contributed by atoms with Gasteiger partial charge in [-0.25, -0.2) is 4.79 Å². The maximum atomic E-state index is 11.9. The van der Waals surface area contributed by atoms with Crippen molar-refractivity contribution < 1.29 is 24.2 Å². The smallest absolute Gasteiger partial charge is 0.326 e. The highest BCUT2D eigenvalue weighted by atomic mass is 16.5. The molecule has 0 aliphatic heterocycles. The number of hydrogen-bond donors (Lipinski definition) is 3. The molecule has 3 N–H and O–H groups in total. The molecule has 1 rings (SSSR count). The van der Waals surface area contributed by atoms with Gasteiger partial charge in [0.15, 0.2) is 0 Å². The molecule has 0 heterocycles. The van der Waals surface area contributed by atoms with E-state index in [1.807, 2.05) is 0 Å². The molecule has 0 bridgehead atoms. The lowest BCUT2D eigenvalue weighted by Gasteiger charge is -2.12. The summed E-state index contributed by atoms with van der Waals surface area (Å²) in [6.45, 7) is 2.01. The quantitative estimate of drug-likeness (QED) is 0.650. The molecule has 7 nitrogen and oxygen atoms in total. The highest BCUT2D eigenvalue weighted by molar-refractivity contribution is 5.96. The van der Waals surface area contributed by atoms with Crippen molar-refractivity contribution >= 4 is 17.8 Å². The minimum Gasteiger partial charge on any atom is -0.480 e. The van der Waals surface area contributed by atoms with Gasteiger partial charge in [0.05, 0.1) is 0 Å². The van der Waals surface area contributed by atoms with Gasteiger partial charge >= 0.3 is 5.97 Å². The fourth-order valence-electron chi connectivity index (χ4n) is 1.74. The lowest BCUT2D eigenvalue weighted by atomic mass is 10.1. The van der Waals surface area contributed by atoms with Gasteiger partial charge in [-0.1, -0.05) is 19.1 Å². The molecule has 1 unspecified atom stereocenters. The predicted molar refractivity (Wildman–Crippen MR) is 79.3 cm³/mol. The zero-order valence-corrected chi connectivity index (χ0v) is 12.6. The largest absolute Gasteiger partial charge is 0.480 e. The van der Waals surface area contributed by atoms with E-state index in [-0.39, 0.29) is 12.5 Å². The van der Waals surface area contributed by atoms with E-state index in [0.717, 1.165) is 5.56 Å². The number of methoxy groups -OCH3 is 1. The zero-order chi connectivity index (χ0) is 16.5. The van der Waals surface area contributed by atoms with E-state index < -0.39 is 17.9 Å². The Morgan fingerprint density at radius 2 is 1.86 bits per heavy atom. The summed E-state index contributed by atoms with van der Waals surface area (Å²) in [5.41, 5.74) is 1.19. The maximum absolute atomic E-state index is 11.9. The van der Waals surface area contributed by atoms with Crippen LogP contribution in [-0.4, -0.2) is 42.6 Å². The molecule has 0 aromatic heterocycles. The van der Waals surface area contributed by atoms with Gasteiger partial charge in [0.2, 0.25) is 5.91 Å². The first-order valence-electron chi connectivity index (χ1n) is 6.86. The summed E-state index contributed by atoms with van der Waals surface area (Å²) in [4.78, 5) is 34.1. The second-order valence-corrected chi connectivity index (χ2v) is 4.68. The van der Waals surface area contributed by atoms with Gasteiger partial charge in [-0.2, -0.15) is 0 Å².